The van der Waals surface area contributed by atoms with Crippen molar-refractivity contribution in [3.63, 3.8) is 0 Å². The smallest absolute Gasteiger partial charge is 0.193 e. The summed E-state index contributed by atoms with van der Waals surface area (Å²) in [6.07, 6.45) is 0. The molecule has 1 nitrogen and oxygen atoms in total. The van der Waals surface area contributed by atoms with E-state index in [0.29, 0.717) is 21.2 Å². The molecule has 0 radical (unpaired) electrons. The maximum absolute atomic E-state index is 12.5. The minimum Gasteiger partial charge on any atom is -0.289 e. The van der Waals surface area contributed by atoms with E-state index >= 15 is 0 Å². The van der Waals surface area contributed by atoms with Gasteiger partial charge in [-0.2, -0.15) is 0 Å². The minimum absolute atomic E-state index is 0.0843. The number of rotatable bonds is 5. The molecular weight excluding hydrogens is 359 g/mol. The quantitative estimate of drug-likeness (QED) is 0.374. The first-order chi connectivity index (χ1) is 11.6. The summed E-state index contributed by atoms with van der Waals surface area (Å²) in [5.74, 6) is 0.686. The molecule has 0 aliphatic heterocycles. The molecule has 0 N–H and O–H groups in total. The summed E-state index contributed by atoms with van der Waals surface area (Å²) in [7, 11) is 0. The van der Waals surface area contributed by atoms with Crippen molar-refractivity contribution in [1.82, 2.24) is 0 Å². The largest absolute Gasteiger partial charge is 0.289 e. The van der Waals surface area contributed by atoms with E-state index in [1.54, 1.807) is 36.0 Å². The molecule has 4 heteroatoms. The van der Waals surface area contributed by atoms with Gasteiger partial charge in [-0.05, 0) is 17.7 Å². The monoisotopic (exact) mass is 372 g/mol. The van der Waals surface area contributed by atoms with Gasteiger partial charge in [-0.1, -0.05) is 83.9 Å². The van der Waals surface area contributed by atoms with Crippen LogP contribution in [-0.4, -0.2) is 5.78 Å². The molecular formula is C20H14Cl2OS. The number of halogens is 2. The van der Waals surface area contributed by atoms with E-state index in [4.69, 9.17) is 23.2 Å². The maximum Gasteiger partial charge on any atom is 0.193 e. The van der Waals surface area contributed by atoms with Crippen LogP contribution < -0.4 is 0 Å². The van der Waals surface area contributed by atoms with Gasteiger partial charge in [0, 0.05) is 21.8 Å². The zero-order valence-electron chi connectivity index (χ0n) is 12.7. The SMILES string of the molecule is O=C(c1ccccc1)c1cc(Cl)c(SCc2ccccc2)c(Cl)c1. The highest BCUT2D eigenvalue weighted by Crippen LogP contribution is 2.37. The highest BCUT2D eigenvalue weighted by Gasteiger charge is 2.15. The molecule has 0 aliphatic rings. The van der Waals surface area contributed by atoms with Gasteiger partial charge in [0.25, 0.3) is 0 Å². The van der Waals surface area contributed by atoms with E-state index in [1.807, 2.05) is 36.4 Å². The lowest BCUT2D eigenvalue weighted by molar-refractivity contribution is 0.103. The van der Waals surface area contributed by atoms with E-state index in [0.717, 1.165) is 10.6 Å². The fourth-order valence-corrected chi connectivity index (χ4v) is 4.03. The fraction of sp³-hybridized carbons (Fsp3) is 0.0500. The summed E-state index contributed by atoms with van der Waals surface area (Å²) in [6.45, 7) is 0. The lowest BCUT2D eigenvalue weighted by atomic mass is 10.0. The third-order valence-electron chi connectivity index (χ3n) is 3.52. The van der Waals surface area contributed by atoms with Crippen LogP contribution in [0.4, 0.5) is 0 Å². The summed E-state index contributed by atoms with van der Waals surface area (Å²) >= 11 is 14.3. The molecule has 0 saturated carbocycles. The maximum atomic E-state index is 12.5. The number of benzene rings is 3. The molecule has 120 valence electrons. The molecule has 0 bridgehead atoms. The second-order valence-corrected chi connectivity index (χ2v) is 7.04. The Hall–Kier alpha value is -1.74. The lowest BCUT2D eigenvalue weighted by Gasteiger charge is -2.10. The van der Waals surface area contributed by atoms with Crippen molar-refractivity contribution in [2.24, 2.45) is 0 Å². The molecule has 3 rings (SSSR count). The number of ketones is 1. The van der Waals surface area contributed by atoms with Crippen molar-refractivity contribution < 1.29 is 4.79 Å². The van der Waals surface area contributed by atoms with E-state index in [9.17, 15) is 4.79 Å². The molecule has 3 aromatic carbocycles. The normalized spacial score (nSPS) is 10.6. The fourth-order valence-electron chi connectivity index (χ4n) is 2.31. The Bertz CT molecular complexity index is 825. The Morgan fingerprint density at radius 3 is 1.92 bits per heavy atom. The number of carbonyl (C=O) groups excluding carboxylic acids is 1. The average Bonchev–Trinajstić information content (AvgIpc) is 2.62. The zero-order valence-corrected chi connectivity index (χ0v) is 15.0. The van der Waals surface area contributed by atoms with Crippen LogP contribution in [0.3, 0.4) is 0 Å². The van der Waals surface area contributed by atoms with Gasteiger partial charge in [0.05, 0.1) is 10.0 Å². The predicted molar refractivity (Wildman–Crippen MR) is 102 cm³/mol. The number of carbonyl (C=O) groups is 1. The predicted octanol–water partition coefficient (Wildman–Crippen LogP) is 6.52. The highest BCUT2D eigenvalue weighted by atomic mass is 35.5. The highest BCUT2D eigenvalue weighted by molar-refractivity contribution is 7.98. The first-order valence-electron chi connectivity index (χ1n) is 7.40. The molecule has 24 heavy (non-hydrogen) atoms. The molecule has 0 aromatic heterocycles. The van der Waals surface area contributed by atoms with Crippen LogP contribution in [0.2, 0.25) is 10.0 Å². The Morgan fingerprint density at radius 1 is 0.792 bits per heavy atom. The van der Waals surface area contributed by atoms with Crippen LogP contribution in [0.25, 0.3) is 0 Å². The topological polar surface area (TPSA) is 17.1 Å². The van der Waals surface area contributed by atoms with Gasteiger partial charge in [0.15, 0.2) is 5.78 Å². The third-order valence-corrected chi connectivity index (χ3v) is 5.55. The van der Waals surface area contributed by atoms with Gasteiger partial charge in [-0.25, -0.2) is 0 Å². The van der Waals surface area contributed by atoms with Crippen LogP contribution in [0, 0.1) is 0 Å². The first-order valence-corrected chi connectivity index (χ1v) is 9.15. The summed E-state index contributed by atoms with van der Waals surface area (Å²) in [5.41, 5.74) is 2.31. The number of hydrogen-bond acceptors (Lipinski definition) is 2. The van der Waals surface area contributed by atoms with Crippen molar-refractivity contribution in [2.75, 3.05) is 0 Å². The molecule has 0 unspecified atom stereocenters. The van der Waals surface area contributed by atoms with Crippen LogP contribution >= 0.6 is 35.0 Å². The standard InChI is InChI=1S/C20H14Cl2OS/c21-17-11-16(19(23)15-9-5-2-6-10-15)12-18(22)20(17)24-13-14-7-3-1-4-8-14/h1-12H,13H2. The number of thioether (sulfide) groups is 1. The van der Waals surface area contributed by atoms with E-state index in [2.05, 4.69) is 12.1 Å². The molecule has 0 fully saturated rings. The van der Waals surface area contributed by atoms with Crippen LogP contribution in [0.5, 0.6) is 0 Å². The van der Waals surface area contributed by atoms with Gasteiger partial charge < -0.3 is 0 Å². The number of hydrogen-bond donors (Lipinski definition) is 0. The Morgan fingerprint density at radius 2 is 1.33 bits per heavy atom. The minimum atomic E-state index is -0.0843. The Balaban J connectivity index is 1.82. The second-order valence-electron chi connectivity index (χ2n) is 5.24. The van der Waals surface area contributed by atoms with Gasteiger partial charge in [-0.3, -0.25) is 4.79 Å². The van der Waals surface area contributed by atoms with E-state index < -0.39 is 0 Å². The lowest BCUT2D eigenvalue weighted by Crippen LogP contribution is -2.01. The molecule has 0 heterocycles. The zero-order chi connectivity index (χ0) is 16.9. The molecule has 0 atom stereocenters. The van der Waals surface area contributed by atoms with Gasteiger partial charge in [-0.15, -0.1) is 11.8 Å². The summed E-state index contributed by atoms with van der Waals surface area (Å²) < 4.78 is 0. The first kappa shape index (κ1) is 17.1. The van der Waals surface area contributed by atoms with Gasteiger partial charge in [0.1, 0.15) is 0 Å². The van der Waals surface area contributed by atoms with Crippen LogP contribution in [0.1, 0.15) is 21.5 Å². The van der Waals surface area contributed by atoms with Crippen molar-refractivity contribution in [3.05, 3.63) is 99.5 Å². The van der Waals surface area contributed by atoms with E-state index in [-0.39, 0.29) is 5.78 Å². The van der Waals surface area contributed by atoms with Gasteiger partial charge >= 0.3 is 0 Å². The van der Waals surface area contributed by atoms with Gasteiger partial charge in [0.2, 0.25) is 0 Å². The van der Waals surface area contributed by atoms with Crippen molar-refractivity contribution in [2.45, 2.75) is 10.6 Å². The van der Waals surface area contributed by atoms with Crippen LogP contribution in [0.15, 0.2) is 77.7 Å². The van der Waals surface area contributed by atoms with Crippen molar-refractivity contribution in [1.29, 1.82) is 0 Å². The summed E-state index contributed by atoms with van der Waals surface area (Å²) in [5, 5.41) is 1.01. The molecule has 0 spiro atoms. The van der Waals surface area contributed by atoms with E-state index in [1.165, 1.54) is 5.56 Å². The molecule has 0 saturated heterocycles. The molecule has 3 aromatic rings. The Kier molecular flexibility index (Phi) is 5.62. The second kappa shape index (κ2) is 7.89. The van der Waals surface area contributed by atoms with Crippen molar-refractivity contribution in [3.8, 4) is 0 Å². The summed E-state index contributed by atoms with van der Waals surface area (Å²) in [4.78, 5) is 13.3. The molecule has 0 aliphatic carbocycles. The van der Waals surface area contributed by atoms with Crippen LogP contribution in [-0.2, 0) is 5.75 Å². The van der Waals surface area contributed by atoms with Crippen molar-refractivity contribution >= 4 is 40.7 Å². The third kappa shape index (κ3) is 4.02. The molecule has 0 amide bonds. The Labute approximate surface area is 155 Å². The summed E-state index contributed by atoms with van der Waals surface area (Å²) in [6, 6.07) is 22.6. The average molecular weight is 373 g/mol.